The van der Waals surface area contributed by atoms with Gasteiger partial charge in [-0.15, -0.1) is 0 Å². The quantitative estimate of drug-likeness (QED) is 0.490. The predicted molar refractivity (Wildman–Crippen MR) is 105 cm³/mol. The van der Waals surface area contributed by atoms with Crippen LogP contribution in [0.2, 0.25) is 0 Å². The summed E-state index contributed by atoms with van der Waals surface area (Å²) in [5.41, 5.74) is 0.947. The van der Waals surface area contributed by atoms with Gasteiger partial charge in [0.05, 0.1) is 11.8 Å². The largest absolute Gasteiger partial charge is 0.380 e. The molecule has 0 saturated carbocycles. The first-order chi connectivity index (χ1) is 13.2. The Balaban J connectivity index is 2.20. The number of hydrogen-bond donors (Lipinski definition) is 2. The molecule has 7 nitrogen and oxygen atoms in total. The maximum Gasteiger partial charge on any atom is 0.296 e. The number of nitrogens with one attached hydrogen (secondary N) is 1. The van der Waals surface area contributed by atoms with E-state index in [4.69, 9.17) is 4.74 Å². The number of amides is 1. The molecule has 2 atom stereocenters. The number of rotatable bonds is 9. The van der Waals surface area contributed by atoms with Gasteiger partial charge in [-0.2, -0.15) is 8.42 Å². The van der Waals surface area contributed by atoms with Crippen molar-refractivity contribution < 1.29 is 27.3 Å². The van der Waals surface area contributed by atoms with Crippen LogP contribution in [0.3, 0.4) is 0 Å². The third kappa shape index (κ3) is 5.72. The van der Waals surface area contributed by atoms with Crippen molar-refractivity contribution in [3.05, 3.63) is 60.2 Å². The average Bonchev–Trinajstić information content (AvgIpc) is 2.65. The highest BCUT2D eigenvalue weighted by Crippen LogP contribution is 2.23. The van der Waals surface area contributed by atoms with Crippen LogP contribution >= 0.6 is 0 Å². The zero-order valence-corrected chi connectivity index (χ0v) is 16.5. The standard InChI is InChI=1S/C20H23NO6S/c1-14(22)19(17(27-2)13-12-15-8-4-3-5-9-15)20(23)21-16-10-6-7-11-18(16)28(24,25)26/h3-11,17,19H,12-13H2,1-2H3,(H,21,23)(H,24,25,26). The van der Waals surface area contributed by atoms with Crippen LogP contribution in [0.4, 0.5) is 5.69 Å². The van der Waals surface area contributed by atoms with Gasteiger partial charge in [-0.1, -0.05) is 42.5 Å². The van der Waals surface area contributed by atoms with Crippen molar-refractivity contribution in [1.29, 1.82) is 0 Å². The Morgan fingerprint density at radius 3 is 2.25 bits per heavy atom. The fourth-order valence-electron chi connectivity index (χ4n) is 2.99. The highest BCUT2D eigenvalue weighted by atomic mass is 32.2. The predicted octanol–water partition coefficient (Wildman–Crippen LogP) is 2.72. The van der Waals surface area contributed by atoms with Crippen molar-refractivity contribution in [3.8, 4) is 0 Å². The molecular formula is C20H23NO6S. The van der Waals surface area contributed by atoms with Gasteiger partial charge in [-0.25, -0.2) is 0 Å². The van der Waals surface area contributed by atoms with Gasteiger partial charge in [-0.3, -0.25) is 14.1 Å². The summed E-state index contributed by atoms with van der Waals surface area (Å²) in [6, 6.07) is 15.0. The Morgan fingerprint density at radius 1 is 1.07 bits per heavy atom. The first-order valence-electron chi connectivity index (χ1n) is 8.68. The third-order valence-corrected chi connectivity index (χ3v) is 5.29. The van der Waals surface area contributed by atoms with Crippen LogP contribution in [0.1, 0.15) is 18.9 Å². The molecule has 0 spiro atoms. The number of Topliss-reactive ketones (excluding diaryl/α,β-unsaturated/α-hetero) is 1. The Labute approximate surface area is 164 Å². The monoisotopic (exact) mass is 405 g/mol. The molecule has 0 aliphatic carbocycles. The zero-order chi connectivity index (χ0) is 20.7. The summed E-state index contributed by atoms with van der Waals surface area (Å²) in [7, 11) is -3.11. The highest BCUT2D eigenvalue weighted by Gasteiger charge is 2.33. The van der Waals surface area contributed by atoms with E-state index < -0.39 is 38.7 Å². The van der Waals surface area contributed by atoms with Crippen LogP contribution in [-0.4, -0.2) is 37.9 Å². The van der Waals surface area contributed by atoms with Gasteiger partial charge < -0.3 is 10.1 Å². The summed E-state index contributed by atoms with van der Waals surface area (Å²) >= 11 is 0. The minimum atomic E-state index is -4.53. The number of methoxy groups -OCH3 is 1. The van der Waals surface area contributed by atoms with Crippen LogP contribution in [0.5, 0.6) is 0 Å². The van der Waals surface area contributed by atoms with Gasteiger partial charge in [0.15, 0.2) is 0 Å². The molecule has 0 fully saturated rings. The summed E-state index contributed by atoms with van der Waals surface area (Å²) in [5, 5.41) is 2.43. The first-order valence-corrected chi connectivity index (χ1v) is 10.1. The molecule has 0 heterocycles. The van der Waals surface area contributed by atoms with Gasteiger partial charge in [0.2, 0.25) is 5.91 Å². The zero-order valence-electron chi connectivity index (χ0n) is 15.7. The van der Waals surface area contributed by atoms with Crippen LogP contribution in [-0.2, 0) is 30.9 Å². The molecule has 8 heteroatoms. The number of para-hydroxylation sites is 1. The molecule has 28 heavy (non-hydrogen) atoms. The van der Waals surface area contributed by atoms with E-state index in [9.17, 15) is 22.6 Å². The fraction of sp³-hybridized carbons (Fsp3) is 0.300. The van der Waals surface area contributed by atoms with Gasteiger partial charge >= 0.3 is 0 Å². The van der Waals surface area contributed by atoms with Crippen LogP contribution in [0, 0.1) is 5.92 Å². The summed E-state index contributed by atoms with van der Waals surface area (Å²) in [6.45, 7) is 1.29. The smallest absolute Gasteiger partial charge is 0.296 e. The highest BCUT2D eigenvalue weighted by molar-refractivity contribution is 7.86. The van der Waals surface area contributed by atoms with Crippen molar-refractivity contribution >= 4 is 27.5 Å². The molecule has 2 rings (SSSR count). The number of carbonyl (C=O) groups excluding carboxylic acids is 2. The van der Waals surface area contributed by atoms with Crippen molar-refractivity contribution in [2.45, 2.75) is 30.8 Å². The molecule has 2 aromatic rings. The summed E-state index contributed by atoms with van der Waals surface area (Å²) in [5.74, 6) is -2.21. The summed E-state index contributed by atoms with van der Waals surface area (Å²) in [4.78, 5) is 24.5. The number of benzene rings is 2. The van der Waals surface area contributed by atoms with E-state index in [1.807, 2.05) is 30.3 Å². The third-order valence-electron chi connectivity index (χ3n) is 4.38. The summed E-state index contributed by atoms with van der Waals surface area (Å²) < 4.78 is 37.7. The molecule has 2 N–H and O–H groups in total. The lowest BCUT2D eigenvalue weighted by molar-refractivity contribution is -0.135. The van der Waals surface area contributed by atoms with Crippen LogP contribution in [0.25, 0.3) is 0 Å². The van der Waals surface area contributed by atoms with E-state index in [1.54, 1.807) is 0 Å². The molecule has 0 aliphatic heterocycles. The minimum absolute atomic E-state index is 0.0980. The van der Waals surface area contributed by atoms with Crippen LogP contribution in [0.15, 0.2) is 59.5 Å². The molecule has 2 aromatic carbocycles. The minimum Gasteiger partial charge on any atom is -0.380 e. The molecule has 1 amide bonds. The van der Waals surface area contributed by atoms with Gasteiger partial charge in [0.25, 0.3) is 10.1 Å². The van der Waals surface area contributed by atoms with Crippen molar-refractivity contribution in [3.63, 3.8) is 0 Å². The second-order valence-corrected chi connectivity index (χ2v) is 7.74. The van der Waals surface area contributed by atoms with E-state index in [1.165, 1.54) is 32.2 Å². The Bertz CT molecular complexity index is 927. The SMILES string of the molecule is COC(CCc1ccccc1)C(C(C)=O)C(=O)Nc1ccccc1S(=O)(=O)O. The summed E-state index contributed by atoms with van der Waals surface area (Å²) in [6.07, 6.45) is 0.353. The van der Waals surface area contributed by atoms with E-state index in [0.29, 0.717) is 12.8 Å². The molecule has 0 bridgehead atoms. The second-order valence-electron chi connectivity index (χ2n) is 6.35. The first kappa shape index (κ1) is 21.7. The number of ketones is 1. The second kappa shape index (κ2) is 9.59. The lowest BCUT2D eigenvalue weighted by atomic mass is 9.92. The van der Waals surface area contributed by atoms with E-state index in [0.717, 1.165) is 11.6 Å². The number of aryl methyl sites for hydroxylation is 1. The van der Waals surface area contributed by atoms with Gasteiger partial charge in [-0.05, 0) is 37.5 Å². The van der Waals surface area contributed by atoms with E-state index >= 15 is 0 Å². The number of anilines is 1. The maximum absolute atomic E-state index is 12.8. The Kier molecular flexibility index (Phi) is 7.45. The maximum atomic E-state index is 12.8. The molecule has 0 saturated heterocycles. The fourth-order valence-corrected chi connectivity index (χ4v) is 3.64. The lowest BCUT2D eigenvalue weighted by Gasteiger charge is -2.23. The Morgan fingerprint density at radius 2 is 1.68 bits per heavy atom. The van der Waals surface area contributed by atoms with Crippen molar-refractivity contribution in [1.82, 2.24) is 0 Å². The number of ether oxygens (including phenoxy) is 1. The van der Waals surface area contributed by atoms with Gasteiger partial charge in [0, 0.05) is 7.11 Å². The average molecular weight is 405 g/mol. The van der Waals surface area contributed by atoms with E-state index in [-0.39, 0.29) is 5.69 Å². The number of carbonyl (C=O) groups is 2. The molecule has 0 radical (unpaired) electrons. The molecular weight excluding hydrogens is 382 g/mol. The van der Waals surface area contributed by atoms with Crippen molar-refractivity contribution in [2.24, 2.45) is 5.92 Å². The molecule has 0 aromatic heterocycles. The Hall–Kier alpha value is -2.55. The van der Waals surface area contributed by atoms with Crippen molar-refractivity contribution in [2.75, 3.05) is 12.4 Å². The molecule has 150 valence electrons. The topological polar surface area (TPSA) is 110 Å². The van der Waals surface area contributed by atoms with E-state index in [2.05, 4.69) is 5.32 Å². The van der Waals surface area contributed by atoms with Crippen LogP contribution < -0.4 is 5.32 Å². The van der Waals surface area contributed by atoms with Gasteiger partial charge in [0.1, 0.15) is 16.6 Å². The molecule has 2 unspecified atom stereocenters. The normalized spacial score (nSPS) is 13.5. The number of hydrogen-bond acceptors (Lipinski definition) is 5. The lowest BCUT2D eigenvalue weighted by Crippen LogP contribution is -2.39. The molecule has 0 aliphatic rings.